The summed E-state index contributed by atoms with van der Waals surface area (Å²) in [5.74, 6) is -0.416. The molecule has 0 radical (unpaired) electrons. The first-order valence-corrected chi connectivity index (χ1v) is 7.61. The minimum atomic E-state index is -0.242. The minimum Gasteiger partial charge on any atom is -0.469 e. The highest BCUT2D eigenvalue weighted by atomic mass is 79.9. The van der Waals surface area contributed by atoms with Gasteiger partial charge in [0.25, 0.3) is 0 Å². The summed E-state index contributed by atoms with van der Waals surface area (Å²) in [6.45, 7) is 2.98. The number of carbonyl (C=O) groups excluding carboxylic acids is 2. The molecule has 5 heteroatoms. The van der Waals surface area contributed by atoms with Crippen LogP contribution in [-0.2, 0) is 14.3 Å². The molecule has 2 unspecified atom stereocenters. The second-order valence-electron chi connectivity index (χ2n) is 5.24. The topological polar surface area (TPSA) is 46.6 Å². The largest absolute Gasteiger partial charge is 0.469 e. The van der Waals surface area contributed by atoms with Crippen molar-refractivity contribution in [1.29, 1.82) is 0 Å². The molecule has 1 aromatic carbocycles. The van der Waals surface area contributed by atoms with Crippen LogP contribution in [0, 0.1) is 11.8 Å². The van der Waals surface area contributed by atoms with Gasteiger partial charge in [-0.2, -0.15) is 0 Å². The number of methoxy groups -OCH3 is 1. The van der Waals surface area contributed by atoms with E-state index in [9.17, 15) is 9.59 Å². The van der Waals surface area contributed by atoms with E-state index < -0.39 is 0 Å². The van der Waals surface area contributed by atoms with Gasteiger partial charge in [-0.1, -0.05) is 35.0 Å². The summed E-state index contributed by atoms with van der Waals surface area (Å²) in [6, 6.07) is 7.72. The van der Waals surface area contributed by atoms with Crippen molar-refractivity contribution in [3.63, 3.8) is 0 Å². The van der Waals surface area contributed by atoms with E-state index in [1.807, 2.05) is 31.2 Å². The number of ether oxygens (including phenoxy) is 1. The molecule has 21 heavy (non-hydrogen) atoms. The Hall–Kier alpha value is -1.62. The van der Waals surface area contributed by atoms with Gasteiger partial charge < -0.3 is 9.64 Å². The summed E-state index contributed by atoms with van der Waals surface area (Å²) in [7, 11) is 1.38. The first kappa shape index (κ1) is 15.8. The van der Waals surface area contributed by atoms with E-state index >= 15 is 0 Å². The number of hydrogen-bond acceptors (Lipinski definition) is 3. The van der Waals surface area contributed by atoms with Crippen molar-refractivity contribution >= 4 is 33.9 Å². The van der Waals surface area contributed by atoms with E-state index in [1.54, 1.807) is 17.1 Å². The Morgan fingerprint density at radius 3 is 2.81 bits per heavy atom. The lowest BCUT2D eigenvalue weighted by Gasteiger charge is -2.13. The fraction of sp³-hybridized carbons (Fsp3) is 0.375. The van der Waals surface area contributed by atoms with Crippen LogP contribution in [0.5, 0.6) is 0 Å². The molecular weight excluding hydrogens is 334 g/mol. The molecule has 1 aliphatic rings. The Morgan fingerprint density at radius 1 is 1.38 bits per heavy atom. The summed E-state index contributed by atoms with van der Waals surface area (Å²) in [6.07, 6.45) is 3.33. The molecule has 0 bridgehead atoms. The number of hydrogen-bond donors (Lipinski definition) is 0. The fourth-order valence-electron chi connectivity index (χ4n) is 2.49. The van der Waals surface area contributed by atoms with Crippen LogP contribution < -0.4 is 0 Å². The molecule has 1 amide bonds. The first-order valence-electron chi connectivity index (χ1n) is 6.81. The third kappa shape index (κ3) is 3.94. The van der Waals surface area contributed by atoms with Gasteiger partial charge in [0.2, 0.25) is 5.91 Å². The van der Waals surface area contributed by atoms with E-state index in [2.05, 4.69) is 15.9 Å². The summed E-state index contributed by atoms with van der Waals surface area (Å²) in [4.78, 5) is 25.5. The lowest BCUT2D eigenvalue weighted by molar-refractivity contribution is -0.146. The number of benzene rings is 1. The number of esters is 1. The van der Waals surface area contributed by atoms with Gasteiger partial charge in [0.1, 0.15) is 0 Å². The van der Waals surface area contributed by atoms with E-state index in [1.165, 1.54) is 7.11 Å². The van der Waals surface area contributed by atoms with Crippen molar-refractivity contribution in [2.24, 2.45) is 11.8 Å². The molecule has 0 saturated carbocycles. The van der Waals surface area contributed by atoms with Crippen LogP contribution in [0.15, 0.2) is 34.8 Å². The van der Waals surface area contributed by atoms with E-state index in [0.29, 0.717) is 13.1 Å². The normalized spacial score (nSPS) is 21.8. The van der Waals surface area contributed by atoms with E-state index in [-0.39, 0.29) is 23.7 Å². The molecule has 0 aromatic heterocycles. The van der Waals surface area contributed by atoms with Crippen LogP contribution in [0.2, 0.25) is 0 Å². The molecule has 1 saturated heterocycles. The SMILES string of the molecule is COC(=O)C1CN(C(=O)/C=C/c2cccc(Br)c2)CC1C. The maximum atomic E-state index is 12.2. The zero-order valence-electron chi connectivity index (χ0n) is 12.1. The van der Waals surface area contributed by atoms with Gasteiger partial charge >= 0.3 is 5.97 Å². The van der Waals surface area contributed by atoms with Crippen molar-refractivity contribution in [3.05, 3.63) is 40.4 Å². The third-order valence-corrected chi connectivity index (χ3v) is 4.19. The quantitative estimate of drug-likeness (QED) is 0.621. The van der Waals surface area contributed by atoms with Gasteiger partial charge in [-0.15, -0.1) is 0 Å². The molecular formula is C16H18BrNO3. The van der Waals surface area contributed by atoms with Crippen LogP contribution in [0.4, 0.5) is 0 Å². The highest BCUT2D eigenvalue weighted by molar-refractivity contribution is 9.10. The molecule has 1 aliphatic heterocycles. The number of nitrogens with zero attached hydrogens (tertiary/aromatic N) is 1. The van der Waals surface area contributed by atoms with Crippen LogP contribution in [0.25, 0.3) is 6.08 Å². The second-order valence-corrected chi connectivity index (χ2v) is 6.15. The molecule has 2 atom stereocenters. The lowest BCUT2D eigenvalue weighted by atomic mass is 9.99. The van der Waals surface area contributed by atoms with Crippen LogP contribution in [-0.4, -0.2) is 37.0 Å². The number of halogens is 1. The zero-order valence-corrected chi connectivity index (χ0v) is 13.7. The predicted octanol–water partition coefficient (Wildman–Crippen LogP) is 2.73. The third-order valence-electron chi connectivity index (χ3n) is 3.69. The van der Waals surface area contributed by atoms with Crippen molar-refractivity contribution in [1.82, 2.24) is 4.90 Å². The Balaban J connectivity index is 2.00. The number of amides is 1. The van der Waals surface area contributed by atoms with Crippen LogP contribution >= 0.6 is 15.9 Å². The fourth-order valence-corrected chi connectivity index (χ4v) is 2.91. The summed E-state index contributed by atoms with van der Waals surface area (Å²) in [5, 5.41) is 0. The Bertz CT molecular complexity index is 570. The van der Waals surface area contributed by atoms with Gasteiger partial charge in [0, 0.05) is 23.6 Å². The maximum absolute atomic E-state index is 12.2. The average molecular weight is 352 g/mol. The molecule has 0 spiro atoms. The minimum absolute atomic E-state index is 0.0757. The van der Waals surface area contributed by atoms with Gasteiger partial charge in [0.15, 0.2) is 0 Å². The van der Waals surface area contributed by atoms with Crippen LogP contribution in [0.1, 0.15) is 12.5 Å². The van der Waals surface area contributed by atoms with Crippen molar-refractivity contribution in [3.8, 4) is 0 Å². The molecule has 1 fully saturated rings. The first-order chi connectivity index (χ1) is 10.0. The number of carbonyl (C=O) groups is 2. The van der Waals surface area contributed by atoms with Crippen molar-refractivity contribution in [2.75, 3.05) is 20.2 Å². The standard InChI is InChI=1S/C16H18BrNO3/c1-11-9-18(10-14(11)16(20)21-2)15(19)7-6-12-4-3-5-13(17)8-12/h3-8,11,14H,9-10H2,1-2H3/b7-6+. The second kappa shape index (κ2) is 6.89. The van der Waals surface area contributed by atoms with E-state index in [4.69, 9.17) is 4.74 Å². The monoisotopic (exact) mass is 351 g/mol. The van der Waals surface area contributed by atoms with Gasteiger partial charge in [-0.05, 0) is 29.7 Å². The zero-order chi connectivity index (χ0) is 15.4. The Labute approximate surface area is 132 Å². The Morgan fingerprint density at radius 2 is 2.14 bits per heavy atom. The summed E-state index contributed by atoms with van der Waals surface area (Å²) >= 11 is 3.39. The predicted molar refractivity (Wildman–Crippen MR) is 84.4 cm³/mol. The molecule has 2 rings (SSSR count). The average Bonchev–Trinajstić information content (AvgIpc) is 2.86. The van der Waals surface area contributed by atoms with Crippen LogP contribution in [0.3, 0.4) is 0 Å². The molecule has 112 valence electrons. The molecule has 0 N–H and O–H groups in total. The Kier molecular flexibility index (Phi) is 5.17. The van der Waals surface area contributed by atoms with Gasteiger partial charge in [-0.3, -0.25) is 9.59 Å². The molecule has 1 heterocycles. The number of rotatable bonds is 3. The maximum Gasteiger partial charge on any atom is 0.310 e. The molecule has 0 aliphatic carbocycles. The molecule has 4 nitrogen and oxygen atoms in total. The highest BCUT2D eigenvalue weighted by Gasteiger charge is 2.36. The van der Waals surface area contributed by atoms with Gasteiger partial charge in [0.05, 0.1) is 13.0 Å². The summed E-state index contributed by atoms with van der Waals surface area (Å²) < 4.78 is 5.75. The highest BCUT2D eigenvalue weighted by Crippen LogP contribution is 2.24. The van der Waals surface area contributed by atoms with E-state index in [0.717, 1.165) is 10.0 Å². The van der Waals surface area contributed by atoms with Gasteiger partial charge in [-0.25, -0.2) is 0 Å². The smallest absolute Gasteiger partial charge is 0.310 e. The number of likely N-dealkylation sites (tertiary alicyclic amines) is 1. The van der Waals surface area contributed by atoms with Crippen molar-refractivity contribution < 1.29 is 14.3 Å². The lowest BCUT2D eigenvalue weighted by Crippen LogP contribution is -2.28. The summed E-state index contributed by atoms with van der Waals surface area (Å²) in [5.41, 5.74) is 0.953. The molecule has 1 aromatic rings. The van der Waals surface area contributed by atoms with Crippen molar-refractivity contribution in [2.45, 2.75) is 6.92 Å².